The molecule has 2 aromatic rings. The Morgan fingerprint density at radius 1 is 1.06 bits per heavy atom. The molecule has 0 saturated heterocycles. The van der Waals surface area contributed by atoms with Gasteiger partial charge in [-0.3, -0.25) is 0 Å². The molecule has 0 saturated carbocycles. The van der Waals surface area contributed by atoms with Crippen LogP contribution in [0.15, 0.2) is 29.6 Å². The van der Waals surface area contributed by atoms with E-state index in [1.807, 2.05) is 11.3 Å². The van der Waals surface area contributed by atoms with Gasteiger partial charge in [0.15, 0.2) is 0 Å². The fourth-order valence-electron chi connectivity index (χ4n) is 2.58. The fraction of sp³-hybridized carbons (Fsp3) is 0.250. The first-order chi connectivity index (χ1) is 8.18. The number of allylic oxidation sites excluding steroid dienone is 2. The van der Waals surface area contributed by atoms with Crippen molar-refractivity contribution in [3.8, 4) is 0 Å². The minimum Gasteiger partial charge on any atom is -0.144 e. The molecule has 1 aliphatic rings. The lowest BCUT2D eigenvalue weighted by Gasteiger charge is -2.03. The molecule has 0 nitrogen and oxygen atoms in total. The van der Waals surface area contributed by atoms with Crippen molar-refractivity contribution in [3.05, 3.63) is 56.8 Å². The van der Waals surface area contributed by atoms with E-state index in [9.17, 15) is 0 Å². The van der Waals surface area contributed by atoms with E-state index in [0.29, 0.717) is 0 Å². The van der Waals surface area contributed by atoms with Crippen molar-refractivity contribution in [1.82, 2.24) is 0 Å². The van der Waals surface area contributed by atoms with Crippen molar-refractivity contribution < 1.29 is 0 Å². The molecule has 0 unspecified atom stereocenters. The van der Waals surface area contributed by atoms with Crippen LogP contribution in [0.1, 0.15) is 34.1 Å². The molecule has 0 radical (unpaired) electrons. The second kappa shape index (κ2) is 3.85. The molecule has 1 aromatic heterocycles. The summed E-state index contributed by atoms with van der Waals surface area (Å²) in [5.74, 6) is 0. The van der Waals surface area contributed by atoms with Gasteiger partial charge in [0.05, 0.1) is 0 Å². The minimum absolute atomic E-state index is 1.10. The molecular weight excluding hydrogens is 224 g/mol. The monoisotopic (exact) mass is 240 g/mol. The summed E-state index contributed by atoms with van der Waals surface area (Å²) in [5, 5.41) is 2.27. The topological polar surface area (TPSA) is 0 Å². The lowest BCUT2D eigenvalue weighted by molar-refractivity contribution is 1.31. The molecule has 0 N–H and O–H groups in total. The van der Waals surface area contributed by atoms with E-state index in [1.54, 1.807) is 0 Å². The molecule has 0 amide bonds. The molecule has 0 spiro atoms. The third-order valence-corrected chi connectivity index (χ3v) is 5.06. The maximum atomic E-state index is 2.27. The molecule has 0 bridgehead atoms. The van der Waals surface area contributed by atoms with E-state index in [1.165, 1.54) is 38.3 Å². The highest BCUT2D eigenvalue weighted by Crippen LogP contribution is 2.41. The van der Waals surface area contributed by atoms with Crippen LogP contribution in [0.3, 0.4) is 0 Å². The van der Waals surface area contributed by atoms with Crippen LogP contribution in [0.4, 0.5) is 0 Å². The van der Waals surface area contributed by atoms with E-state index < -0.39 is 0 Å². The third-order valence-electron chi connectivity index (χ3n) is 3.80. The number of hydrogen-bond acceptors (Lipinski definition) is 1. The van der Waals surface area contributed by atoms with E-state index in [4.69, 9.17) is 0 Å². The smallest absolute Gasteiger partial charge is 0.0340 e. The second-order valence-electron chi connectivity index (χ2n) is 4.81. The van der Waals surface area contributed by atoms with Gasteiger partial charge < -0.3 is 0 Å². The van der Waals surface area contributed by atoms with Crippen LogP contribution < -0.4 is 0 Å². The van der Waals surface area contributed by atoms with E-state index in [2.05, 4.69) is 50.4 Å². The Morgan fingerprint density at radius 3 is 2.47 bits per heavy atom. The summed E-state index contributed by atoms with van der Waals surface area (Å²) in [6, 6.07) is 8.77. The summed E-state index contributed by atoms with van der Waals surface area (Å²) in [4.78, 5) is 1.48. The van der Waals surface area contributed by atoms with Gasteiger partial charge in [0.2, 0.25) is 0 Å². The zero-order valence-corrected chi connectivity index (χ0v) is 11.3. The highest BCUT2D eigenvalue weighted by atomic mass is 32.1. The Morgan fingerprint density at radius 2 is 1.82 bits per heavy atom. The number of aryl methyl sites for hydroxylation is 1. The average molecular weight is 240 g/mol. The zero-order chi connectivity index (χ0) is 12.0. The molecule has 17 heavy (non-hydrogen) atoms. The number of rotatable bonds is 1. The Hall–Kier alpha value is -1.34. The average Bonchev–Trinajstić information content (AvgIpc) is 2.83. The highest BCUT2D eigenvalue weighted by molar-refractivity contribution is 7.11. The van der Waals surface area contributed by atoms with E-state index in [-0.39, 0.29) is 0 Å². The summed E-state index contributed by atoms with van der Waals surface area (Å²) in [6.07, 6.45) is 1.10. The number of fused-ring (bicyclic) bond motifs is 1. The Bertz CT molecular complexity index is 614. The molecule has 0 fully saturated rings. The van der Waals surface area contributed by atoms with Crippen LogP contribution in [-0.2, 0) is 6.42 Å². The maximum absolute atomic E-state index is 2.27. The normalized spacial score (nSPS) is 14.3. The summed E-state index contributed by atoms with van der Waals surface area (Å²) in [7, 11) is 0. The van der Waals surface area contributed by atoms with Crippen LogP contribution >= 0.6 is 11.3 Å². The third kappa shape index (κ3) is 1.57. The summed E-state index contributed by atoms with van der Waals surface area (Å²) in [6.45, 7) is 6.70. The maximum Gasteiger partial charge on any atom is 0.0340 e. The zero-order valence-electron chi connectivity index (χ0n) is 10.5. The van der Waals surface area contributed by atoms with Gasteiger partial charge in [0, 0.05) is 4.88 Å². The molecule has 0 aliphatic heterocycles. The van der Waals surface area contributed by atoms with Crippen molar-refractivity contribution in [1.29, 1.82) is 0 Å². The molecule has 1 aliphatic carbocycles. The van der Waals surface area contributed by atoms with Gasteiger partial charge in [-0.1, -0.05) is 24.3 Å². The molecule has 1 aromatic carbocycles. The van der Waals surface area contributed by atoms with Gasteiger partial charge in [-0.05, 0) is 66.0 Å². The highest BCUT2D eigenvalue weighted by Gasteiger charge is 2.21. The number of thiophene rings is 1. The SMILES string of the molecule is CC1=C(c2scc(C)c2C)Cc2ccccc21. The van der Waals surface area contributed by atoms with Crippen molar-refractivity contribution in [2.45, 2.75) is 27.2 Å². The van der Waals surface area contributed by atoms with E-state index in [0.717, 1.165) is 6.42 Å². The molecule has 1 heteroatoms. The fourth-order valence-corrected chi connectivity index (χ4v) is 3.75. The van der Waals surface area contributed by atoms with Gasteiger partial charge >= 0.3 is 0 Å². The number of benzene rings is 1. The lowest BCUT2D eigenvalue weighted by atomic mass is 10.0. The van der Waals surface area contributed by atoms with Gasteiger partial charge in [-0.15, -0.1) is 11.3 Å². The predicted molar refractivity (Wildman–Crippen MR) is 76.4 cm³/mol. The van der Waals surface area contributed by atoms with Crippen LogP contribution in [0.25, 0.3) is 11.1 Å². The second-order valence-corrected chi connectivity index (χ2v) is 5.69. The quantitative estimate of drug-likeness (QED) is 0.668. The summed E-state index contributed by atoms with van der Waals surface area (Å²) < 4.78 is 0. The Labute approximate surface area is 107 Å². The van der Waals surface area contributed by atoms with Crippen molar-refractivity contribution in [2.75, 3.05) is 0 Å². The van der Waals surface area contributed by atoms with Crippen molar-refractivity contribution in [3.63, 3.8) is 0 Å². The first kappa shape index (κ1) is 10.8. The van der Waals surface area contributed by atoms with Crippen LogP contribution in [0.5, 0.6) is 0 Å². The first-order valence-corrected chi connectivity index (χ1v) is 6.89. The molecule has 3 rings (SSSR count). The molecule has 1 heterocycles. The molecular formula is C16H16S. The number of hydrogen-bond donors (Lipinski definition) is 0. The largest absolute Gasteiger partial charge is 0.144 e. The molecule has 86 valence electrons. The standard InChI is InChI=1S/C16H16S/c1-10-9-17-16(11(10)2)15-8-13-6-4-5-7-14(13)12(15)3/h4-7,9H,8H2,1-3H3. The minimum atomic E-state index is 1.10. The van der Waals surface area contributed by atoms with Crippen molar-refractivity contribution >= 4 is 22.5 Å². The van der Waals surface area contributed by atoms with Gasteiger partial charge in [0.1, 0.15) is 0 Å². The van der Waals surface area contributed by atoms with Crippen LogP contribution in [0, 0.1) is 13.8 Å². The van der Waals surface area contributed by atoms with Gasteiger partial charge in [0.25, 0.3) is 0 Å². The van der Waals surface area contributed by atoms with E-state index >= 15 is 0 Å². The summed E-state index contributed by atoms with van der Waals surface area (Å²) >= 11 is 1.89. The Balaban J connectivity index is 2.14. The van der Waals surface area contributed by atoms with Gasteiger partial charge in [-0.2, -0.15) is 0 Å². The van der Waals surface area contributed by atoms with Crippen LogP contribution in [-0.4, -0.2) is 0 Å². The lowest BCUT2D eigenvalue weighted by Crippen LogP contribution is -1.85. The Kier molecular flexibility index (Phi) is 2.44. The summed E-state index contributed by atoms with van der Waals surface area (Å²) in [5.41, 5.74) is 8.78. The first-order valence-electron chi connectivity index (χ1n) is 6.01. The van der Waals surface area contributed by atoms with Crippen molar-refractivity contribution in [2.24, 2.45) is 0 Å². The molecule has 0 atom stereocenters. The van der Waals surface area contributed by atoms with Crippen LogP contribution in [0.2, 0.25) is 0 Å². The predicted octanol–water partition coefficient (Wildman–Crippen LogP) is 4.85. The van der Waals surface area contributed by atoms with Gasteiger partial charge in [-0.25, -0.2) is 0 Å².